The van der Waals surface area contributed by atoms with Crippen molar-refractivity contribution in [3.63, 3.8) is 0 Å². The van der Waals surface area contributed by atoms with Crippen LogP contribution in [0.2, 0.25) is 0 Å². The maximum Gasteiger partial charge on any atom is 0.255 e. The summed E-state index contributed by atoms with van der Waals surface area (Å²) in [5.41, 5.74) is 6.87. The topological polar surface area (TPSA) is 66.5 Å². The van der Waals surface area contributed by atoms with Gasteiger partial charge in [0.05, 0.1) is 18.5 Å². The lowest BCUT2D eigenvalue weighted by Gasteiger charge is -2.23. The summed E-state index contributed by atoms with van der Waals surface area (Å²) in [5, 5.41) is 2.93. The van der Waals surface area contributed by atoms with E-state index in [0.717, 1.165) is 33.5 Å². The van der Waals surface area contributed by atoms with Crippen molar-refractivity contribution in [3.8, 4) is 0 Å². The summed E-state index contributed by atoms with van der Waals surface area (Å²) in [6, 6.07) is 18.6. The van der Waals surface area contributed by atoms with Crippen LogP contribution in [0.1, 0.15) is 38.2 Å². The molecule has 3 rings (SSSR count). The summed E-state index contributed by atoms with van der Waals surface area (Å²) in [5.74, 6) is -0.201. The number of anilines is 2. The number of amides is 1. The smallest absolute Gasteiger partial charge is 0.255 e. The average molecular weight is 437 g/mol. The molecule has 0 aliphatic rings. The van der Waals surface area contributed by atoms with Crippen LogP contribution in [0.25, 0.3) is 0 Å². The van der Waals surface area contributed by atoms with E-state index < -0.39 is 10.0 Å². The van der Waals surface area contributed by atoms with Crippen LogP contribution >= 0.6 is 0 Å². The van der Waals surface area contributed by atoms with Crippen LogP contribution in [0.5, 0.6) is 0 Å². The van der Waals surface area contributed by atoms with E-state index in [2.05, 4.69) is 5.32 Å². The molecule has 0 bridgehead atoms. The molecule has 3 aromatic rings. The maximum absolute atomic E-state index is 12.6. The number of carbonyl (C=O) groups excluding carboxylic acids is 1. The summed E-state index contributed by atoms with van der Waals surface area (Å²) >= 11 is 0. The fourth-order valence-electron chi connectivity index (χ4n) is 3.57. The first kappa shape index (κ1) is 22.6. The lowest BCUT2D eigenvalue weighted by atomic mass is 10.1. The standard InChI is InChI=1S/C25H28N2O3S/c1-17-6-11-24(20(4)13-17)26-25(28)22-9-7-21(8-10-22)16-27(31(5,29)30)23-14-18(2)12-19(3)15-23/h6-15H,16H2,1-5H3,(H,26,28). The first-order chi connectivity index (χ1) is 14.5. The zero-order valence-corrected chi connectivity index (χ0v) is 19.4. The molecule has 1 amide bonds. The highest BCUT2D eigenvalue weighted by atomic mass is 32.2. The highest BCUT2D eigenvalue weighted by Crippen LogP contribution is 2.24. The molecule has 0 saturated carbocycles. The normalized spacial score (nSPS) is 11.3. The number of hydrogen-bond acceptors (Lipinski definition) is 3. The Morgan fingerprint density at radius 2 is 1.45 bits per heavy atom. The zero-order valence-electron chi connectivity index (χ0n) is 18.6. The molecule has 162 valence electrons. The summed E-state index contributed by atoms with van der Waals surface area (Å²) in [6.45, 7) is 8.05. The molecule has 5 nitrogen and oxygen atoms in total. The molecular formula is C25H28N2O3S. The van der Waals surface area contributed by atoms with Gasteiger partial charge in [0.2, 0.25) is 10.0 Å². The van der Waals surface area contributed by atoms with Crippen LogP contribution < -0.4 is 9.62 Å². The highest BCUT2D eigenvalue weighted by Gasteiger charge is 2.19. The van der Waals surface area contributed by atoms with Crippen molar-refractivity contribution < 1.29 is 13.2 Å². The summed E-state index contributed by atoms with van der Waals surface area (Å²) < 4.78 is 26.3. The fraction of sp³-hybridized carbons (Fsp3) is 0.240. The van der Waals surface area contributed by atoms with Gasteiger partial charge in [-0.15, -0.1) is 0 Å². The molecule has 0 unspecified atom stereocenters. The van der Waals surface area contributed by atoms with Gasteiger partial charge in [-0.2, -0.15) is 0 Å². The Morgan fingerprint density at radius 1 is 0.839 bits per heavy atom. The first-order valence-electron chi connectivity index (χ1n) is 10.1. The van der Waals surface area contributed by atoms with Crippen LogP contribution in [0.3, 0.4) is 0 Å². The van der Waals surface area contributed by atoms with Crippen LogP contribution in [0.15, 0.2) is 60.7 Å². The first-order valence-corrected chi connectivity index (χ1v) is 11.9. The predicted molar refractivity (Wildman–Crippen MR) is 127 cm³/mol. The molecule has 0 atom stereocenters. The van der Waals surface area contributed by atoms with E-state index in [-0.39, 0.29) is 12.5 Å². The molecular weight excluding hydrogens is 408 g/mol. The van der Waals surface area contributed by atoms with E-state index in [1.54, 1.807) is 24.3 Å². The van der Waals surface area contributed by atoms with Crippen LogP contribution in [-0.2, 0) is 16.6 Å². The van der Waals surface area contributed by atoms with Crippen LogP contribution in [-0.4, -0.2) is 20.6 Å². The van der Waals surface area contributed by atoms with Gasteiger partial charge in [-0.05, 0) is 80.3 Å². The quantitative estimate of drug-likeness (QED) is 0.582. The van der Waals surface area contributed by atoms with Gasteiger partial charge in [-0.3, -0.25) is 9.10 Å². The van der Waals surface area contributed by atoms with Gasteiger partial charge in [-0.1, -0.05) is 35.9 Å². The number of nitrogens with zero attached hydrogens (tertiary/aromatic N) is 1. The van der Waals surface area contributed by atoms with E-state index in [4.69, 9.17) is 0 Å². The Bertz CT molecular complexity index is 1200. The molecule has 0 aromatic heterocycles. The lowest BCUT2D eigenvalue weighted by Crippen LogP contribution is -2.29. The zero-order chi connectivity index (χ0) is 22.8. The van der Waals surface area contributed by atoms with Crippen molar-refractivity contribution in [2.24, 2.45) is 0 Å². The number of aryl methyl sites for hydroxylation is 4. The van der Waals surface area contributed by atoms with Crippen molar-refractivity contribution in [2.75, 3.05) is 15.9 Å². The van der Waals surface area contributed by atoms with E-state index in [1.807, 2.05) is 64.1 Å². The fourth-order valence-corrected chi connectivity index (χ4v) is 4.44. The number of nitrogens with one attached hydrogen (secondary N) is 1. The number of benzene rings is 3. The minimum Gasteiger partial charge on any atom is -0.322 e. The molecule has 3 aromatic carbocycles. The molecule has 0 radical (unpaired) electrons. The SMILES string of the molecule is Cc1cc(C)cc(N(Cc2ccc(C(=O)Nc3ccc(C)cc3C)cc2)S(C)(=O)=O)c1. The Hall–Kier alpha value is -3.12. The van der Waals surface area contributed by atoms with E-state index in [9.17, 15) is 13.2 Å². The third-order valence-electron chi connectivity index (χ3n) is 5.07. The molecule has 0 aliphatic carbocycles. The van der Waals surface area contributed by atoms with E-state index >= 15 is 0 Å². The Labute approximate surface area is 184 Å². The Morgan fingerprint density at radius 3 is 2.00 bits per heavy atom. The summed E-state index contributed by atoms with van der Waals surface area (Å²) in [4.78, 5) is 12.6. The minimum absolute atomic E-state index is 0.195. The predicted octanol–water partition coefficient (Wildman–Crippen LogP) is 5.14. The van der Waals surface area contributed by atoms with Crippen LogP contribution in [0, 0.1) is 27.7 Å². The van der Waals surface area contributed by atoms with Crippen molar-refractivity contribution in [1.29, 1.82) is 0 Å². The van der Waals surface area contributed by atoms with Gasteiger partial charge in [0.15, 0.2) is 0 Å². The van der Waals surface area contributed by atoms with E-state index in [1.165, 1.54) is 10.6 Å². The maximum atomic E-state index is 12.6. The van der Waals surface area contributed by atoms with E-state index in [0.29, 0.717) is 11.3 Å². The minimum atomic E-state index is -3.47. The monoisotopic (exact) mass is 436 g/mol. The number of sulfonamides is 1. The summed E-state index contributed by atoms with van der Waals surface area (Å²) in [7, 11) is -3.47. The van der Waals surface area contributed by atoms with Crippen molar-refractivity contribution in [2.45, 2.75) is 34.2 Å². The number of carbonyl (C=O) groups is 1. The molecule has 0 fully saturated rings. The van der Waals surface area contributed by atoms with Gasteiger partial charge >= 0.3 is 0 Å². The third kappa shape index (κ3) is 5.73. The van der Waals surface area contributed by atoms with Gasteiger partial charge in [0.1, 0.15) is 0 Å². The molecule has 0 spiro atoms. The molecule has 0 heterocycles. The van der Waals surface area contributed by atoms with Crippen molar-refractivity contribution in [3.05, 3.63) is 94.0 Å². The molecule has 31 heavy (non-hydrogen) atoms. The number of rotatable bonds is 6. The molecule has 0 saturated heterocycles. The van der Waals surface area contributed by atoms with Gasteiger partial charge in [0, 0.05) is 11.3 Å². The largest absolute Gasteiger partial charge is 0.322 e. The van der Waals surface area contributed by atoms with Crippen LogP contribution in [0.4, 0.5) is 11.4 Å². The van der Waals surface area contributed by atoms with Gasteiger partial charge in [0.25, 0.3) is 5.91 Å². The average Bonchev–Trinajstić information content (AvgIpc) is 2.67. The molecule has 0 aliphatic heterocycles. The molecule has 6 heteroatoms. The highest BCUT2D eigenvalue weighted by molar-refractivity contribution is 7.92. The number of hydrogen-bond donors (Lipinski definition) is 1. The van der Waals surface area contributed by atoms with Gasteiger partial charge in [-0.25, -0.2) is 8.42 Å². The molecule has 1 N–H and O–H groups in total. The second-order valence-electron chi connectivity index (χ2n) is 8.08. The lowest BCUT2D eigenvalue weighted by molar-refractivity contribution is 0.102. The summed E-state index contributed by atoms with van der Waals surface area (Å²) in [6.07, 6.45) is 1.20. The van der Waals surface area contributed by atoms with Gasteiger partial charge < -0.3 is 5.32 Å². The Kier molecular flexibility index (Phi) is 6.51. The second-order valence-corrected chi connectivity index (χ2v) is 9.99. The van der Waals surface area contributed by atoms with Crippen molar-refractivity contribution >= 4 is 27.3 Å². The second kappa shape index (κ2) is 8.94. The third-order valence-corrected chi connectivity index (χ3v) is 6.21. The van der Waals surface area contributed by atoms with Crippen molar-refractivity contribution in [1.82, 2.24) is 0 Å². The Balaban J connectivity index is 1.80.